The van der Waals surface area contributed by atoms with Crippen LogP contribution in [0.25, 0.3) is 5.65 Å². The van der Waals surface area contributed by atoms with Crippen LogP contribution >= 0.6 is 0 Å². The molecular formula is C22H26N4O2. The number of carbonyl (C=O) groups is 1. The number of nitrogens with zero attached hydrogens (tertiary/aromatic N) is 4. The first kappa shape index (κ1) is 18.5. The van der Waals surface area contributed by atoms with E-state index in [9.17, 15) is 4.79 Å². The fraction of sp³-hybridized carbons (Fsp3) is 0.409. The Morgan fingerprint density at radius 1 is 1.21 bits per heavy atom. The third kappa shape index (κ3) is 3.72. The van der Waals surface area contributed by atoms with Gasteiger partial charge in [-0.3, -0.25) is 4.79 Å². The maximum Gasteiger partial charge on any atom is 0.223 e. The van der Waals surface area contributed by atoms with Gasteiger partial charge in [-0.25, -0.2) is 9.50 Å². The molecule has 6 heteroatoms. The summed E-state index contributed by atoms with van der Waals surface area (Å²) in [5, 5.41) is 4.60. The fourth-order valence-electron chi connectivity index (χ4n) is 4.01. The molecule has 0 radical (unpaired) electrons. The predicted molar refractivity (Wildman–Crippen MR) is 107 cm³/mol. The number of amides is 1. The Labute approximate surface area is 165 Å². The predicted octanol–water partition coefficient (Wildman–Crippen LogP) is 3.73. The topological polar surface area (TPSA) is 59.7 Å². The van der Waals surface area contributed by atoms with Crippen molar-refractivity contribution in [3.05, 3.63) is 59.5 Å². The molecule has 3 aromatic rings. The molecule has 146 valence electrons. The average molecular weight is 378 g/mol. The summed E-state index contributed by atoms with van der Waals surface area (Å²) in [6.07, 6.45) is 6.20. The van der Waals surface area contributed by atoms with E-state index in [1.807, 2.05) is 58.9 Å². The first-order valence-corrected chi connectivity index (χ1v) is 9.89. The number of carbonyl (C=O) groups excluding carboxylic acids is 1. The van der Waals surface area contributed by atoms with E-state index in [1.54, 1.807) is 7.11 Å². The lowest BCUT2D eigenvalue weighted by atomic mass is 9.98. The van der Waals surface area contributed by atoms with Gasteiger partial charge in [-0.05, 0) is 56.4 Å². The largest absolute Gasteiger partial charge is 0.497 e. The normalized spacial score (nSPS) is 17.1. The maximum atomic E-state index is 13.1. The van der Waals surface area contributed by atoms with Crippen LogP contribution in [0.1, 0.15) is 48.7 Å². The molecule has 0 bridgehead atoms. The lowest BCUT2D eigenvalue weighted by Crippen LogP contribution is -2.39. The lowest BCUT2D eigenvalue weighted by molar-refractivity contribution is -0.135. The molecule has 0 saturated carbocycles. The number of methoxy groups -OCH3 is 1. The molecule has 1 aliphatic rings. The number of piperidine rings is 1. The number of benzene rings is 1. The summed E-state index contributed by atoms with van der Waals surface area (Å²) in [5.41, 5.74) is 3.98. The Bertz CT molecular complexity index is 964. The summed E-state index contributed by atoms with van der Waals surface area (Å²) in [7, 11) is 1.66. The third-order valence-electron chi connectivity index (χ3n) is 5.46. The van der Waals surface area contributed by atoms with Crippen molar-refractivity contribution in [2.45, 2.75) is 45.1 Å². The lowest BCUT2D eigenvalue weighted by Gasteiger charge is -2.36. The van der Waals surface area contributed by atoms with E-state index in [0.29, 0.717) is 6.42 Å². The van der Waals surface area contributed by atoms with Gasteiger partial charge < -0.3 is 9.64 Å². The second-order valence-electron chi connectivity index (χ2n) is 7.37. The third-order valence-corrected chi connectivity index (χ3v) is 5.46. The quantitative estimate of drug-likeness (QED) is 0.679. The van der Waals surface area contributed by atoms with Crippen LogP contribution in [0.2, 0.25) is 0 Å². The summed E-state index contributed by atoms with van der Waals surface area (Å²) in [5.74, 6) is 1.04. The number of likely N-dealkylation sites (tertiary alicyclic amines) is 1. The average Bonchev–Trinajstić information content (AvgIpc) is 3.12. The van der Waals surface area contributed by atoms with Crippen molar-refractivity contribution < 1.29 is 9.53 Å². The minimum atomic E-state index is 0.0573. The molecule has 28 heavy (non-hydrogen) atoms. The molecule has 1 saturated heterocycles. The van der Waals surface area contributed by atoms with Crippen LogP contribution < -0.4 is 4.74 Å². The van der Waals surface area contributed by atoms with Crippen LogP contribution in [0.5, 0.6) is 5.75 Å². The highest BCUT2D eigenvalue weighted by molar-refractivity contribution is 5.77. The second-order valence-corrected chi connectivity index (χ2v) is 7.37. The molecular weight excluding hydrogens is 352 g/mol. The minimum Gasteiger partial charge on any atom is -0.497 e. The van der Waals surface area contributed by atoms with Gasteiger partial charge in [0.25, 0.3) is 0 Å². The Morgan fingerprint density at radius 3 is 2.82 bits per heavy atom. The van der Waals surface area contributed by atoms with Crippen molar-refractivity contribution in [2.75, 3.05) is 13.7 Å². The highest BCUT2D eigenvalue weighted by Gasteiger charge is 2.29. The zero-order valence-corrected chi connectivity index (χ0v) is 16.5. The molecule has 0 unspecified atom stereocenters. The molecule has 0 aliphatic carbocycles. The number of hydrogen-bond donors (Lipinski definition) is 0. The van der Waals surface area contributed by atoms with E-state index in [1.165, 1.54) is 0 Å². The van der Waals surface area contributed by atoms with Gasteiger partial charge in [0.05, 0.1) is 24.5 Å². The standard InChI is InChI=1S/C22H26N4O2/c1-16-15-21-23-13-12-20(26(21)24-16)19-5-3-4-14-25(19)22(27)11-8-17-6-9-18(28-2)10-7-17/h6-7,9-10,12-13,15,19H,3-5,8,11,14H2,1-2H3/t19-/m1/s1. The van der Waals surface area contributed by atoms with E-state index < -0.39 is 0 Å². The number of aryl methyl sites for hydroxylation is 2. The smallest absolute Gasteiger partial charge is 0.223 e. The Balaban J connectivity index is 1.52. The van der Waals surface area contributed by atoms with Gasteiger partial charge in [-0.1, -0.05) is 12.1 Å². The molecule has 6 nitrogen and oxygen atoms in total. The molecule has 1 atom stereocenters. The van der Waals surface area contributed by atoms with Crippen LogP contribution in [-0.2, 0) is 11.2 Å². The number of aromatic nitrogens is 3. The van der Waals surface area contributed by atoms with Crippen LogP contribution in [0.15, 0.2) is 42.6 Å². The van der Waals surface area contributed by atoms with Gasteiger partial charge in [0.15, 0.2) is 5.65 Å². The molecule has 0 N–H and O–H groups in total. The number of fused-ring (bicyclic) bond motifs is 1. The van der Waals surface area contributed by atoms with Crippen molar-refractivity contribution in [1.82, 2.24) is 19.5 Å². The molecule has 1 fully saturated rings. The second kappa shape index (κ2) is 8.00. The van der Waals surface area contributed by atoms with Crippen molar-refractivity contribution >= 4 is 11.6 Å². The Hall–Kier alpha value is -2.89. The van der Waals surface area contributed by atoms with Crippen LogP contribution in [0.3, 0.4) is 0 Å². The summed E-state index contributed by atoms with van der Waals surface area (Å²) in [4.78, 5) is 19.5. The molecule has 3 heterocycles. The van der Waals surface area contributed by atoms with Crippen LogP contribution in [0, 0.1) is 6.92 Å². The minimum absolute atomic E-state index is 0.0573. The van der Waals surface area contributed by atoms with Gasteiger partial charge in [-0.2, -0.15) is 5.10 Å². The van der Waals surface area contributed by atoms with Crippen LogP contribution in [-0.4, -0.2) is 39.1 Å². The Morgan fingerprint density at radius 2 is 2.04 bits per heavy atom. The monoisotopic (exact) mass is 378 g/mol. The molecule has 1 aromatic carbocycles. The zero-order valence-electron chi connectivity index (χ0n) is 16.5. The highest BCUT2D eigenvalue weighted by atomic mass is 16.5. The first-order valence-electron chi connectivity index (χ1n) is 9.89. The number of hydrogen-bond acceptors (Lipinski definition) is 4. The van der Waals surface area contributed by atoms with E-state index in [2.05, 4.69) is 10.1 Å². The van der Waals surface area contributed by atoms with Gasteiger partial charge in [-0.15, -0.1) is 0 Å². The van der Waals surface area contributed by atoms with E-state index in [-0.39, 0.29) is 11.9 Å². The first-order chi connectivity index (χ1) is 13.7. The fourth-order valence-corrected chi connectivity index (χ4v) is 4.01. The number of ether oxygens (including phenoxy) is 1. The number of rotatable bonds is 5. The highest BCUT2D eigenvalue weighted by Crippen LogP contribution is 2.31. The summed E-state index contributed by atoms with van der Waals surface area (Å²) >= 11 is 0. The Kier molecular flexibility index (Phi) is 5.28. The summed E-state index contributed by atoms with van der Waals surface area (Å²) in [6.45, 7) is 2.77. The van der Waals surface area contributed by atoms with Gasteiger partial charge in [0, 0.05) is 25.2 Å². The SMILES string of the molecule is COc1ccc(CCC(=O)N2CCCC[C@@H]2c2ccnc3cc(C)nn23)cc1. The van der Waals surface area contributed by atoms with Crippen LogP contribution in [0.4, 0.5) is 0 Å². The zero-order chi connectivity index (χ0) is 19.5. The van der Waals surface area contributed by atoms with Gasteiger partial charge in [0.2, 0.25) is 5.91 Å². The molecule has 1 amide bonds. The van der Waals surface area contributed by atoms with Crippen molar-refractivity contribution in [3.8, 4) is 5.75 Å². The molecule has 4 rings (SSSR count). The van der Waals surface area contributed by atoms with Crippen molar-refractivity contribution in [1.29, 1.82) is 0 Å². The van der Waals surface area contributed by atoms with Gasteiger partial charge >= 0.3 is 0 Å². The van der Waals surface area contributed by atoms with Crippen molar-refractivity contribution in [3.63, 3.8) is 0 Å². The molecule has 0 spiro atoms. The maximum absolute atomic E-state index is 13.1. The van der Waals surface area contributed by atoms with E-state index in [0.717, 1.165) is 60.6 Å². The van der Waals surface area contributed by atoms with E-state index >= 15 is 0 Å². The summed E-state index contributed by atoms with van der Waals surface area (Å²) < 4.78 is 7.10. The molecule has 1 aliphatic heterocycles. The summed E-state index contributed by atoms with van der Waals surface area (Å²) in [6, 6.07) is 12.0. The van der Waals surface area contributed by atoms with E-state index in [4.69, 9.17) is 4.74 Å². The van der Waals surface area contributed by atoms with Gasteiger partial charge in [0.1, 0.15) is 5.75 Å². The van der Waals surface area contributed by atoms with Crippen molar-refractivity contribution in [2.24, 2.45) is 0 Å². The molecule has 2 aromatic heterocycles.